The molecule has 0 fully saturated rings. The van der Waals surface area contributed by atoms with Gasteiger partial charge in [-0.3, -0.25) is 0 Å². The van der Waals surface area contributed by atoms with Crippen LogP contribution in [0.2, 0.25) is 0 Å². The van der Waals surface area contributed by atoms with Crippen molar-refractivity contribution in [2.45, 2.75) is 0 Å². The molecule has 26 heavy (non-hydrogen) atoms. The minimum Gasteiger partial charge on any atom is -0.478 e. The lowest BCUT2D eigenvalue weighted by Crippen LogP contribution is -2.04. The Labute approximate surface area is 148 Å². The molecule has 126 valence electrons. The molecule has 0 bridgehead atoms. The highest BCUT2D eigenvalue weighted by Gasteiger charge is 2.19. The number of hydrogen-bond acceptors (Lipinski definition) is 2. The number of carboxylic acid groups (broad SMARTS) is 2. The molecule has 4 nitrogen and oxygen atoms in total. The van der Waals surface area contributed by atoms with Gasteiger partial charge in [0.15, 0.2) is 0 Å². The van der Waals surface area contributed by atoms with Crippen LogP contribution in [0.15, 0.2) is 72.8 Å². The summed E-state index contributed by atoms with van der Waals surface area (Å²) in [6.45, 7) is 0. The summed E-state index contributed by atoms with van der Waals surface area (Å²) in [5.74, 6) is -2.18. The lowest BCUT2D eigenvalue weighted by Gasteiger charge is -2.13. The second kappa shape index (κ2) is 6.01. The Morgan fingerprint density at radius 1 is 0.577 bits per heavy atom. The van der Waals surface area contributed by atoms with E-state index >= 15 is 0 Å². The first-order valence-corrected chi connectivity index (χ1v) is 8.08. The third-order valence-corrected chi connectivity index (χ3v) is 4.56. The molecule has 0 aliphatic rings. The van der Waals surface area contributed by atoms with Gasteiger partial charge in [0, 0.05) is 0 Å². The highest BCUT2D eigenvalue weighted by atomic mass is 16.4. The van der Waals surface area contributed by atoms with E-state index in [4.69, 9.17) is 0 Å². The molecule has 2 N–H and O–H groups in total. The number of carboxylic acids is 2. The average molecular weight is 342 g/mol. The van der Waals surface area contributed by atoms with E-state index in [-0.39, 0.29) is 11.1 Å². The molecule has 0 amide bonds. The molecule has 0 aromatic heterocycles. The predicted octanol–water partition coefficient (Wildman–Crippen LogP) is 5.06. The van der Waals surface area contributed by atoms with E-state index in [1.54, 1.807) is 30.3 Å². The minimum absolute atomic E-state index is 0.0788. The molecule has 0 aliphatic carbocycles. The zero-order valence-corrected chi connectivity index (χ0v) is 13.6. The molecular weight excluding hydrogens is 328 g/mol. The first-order chi connectivity index (χ1) is 12.6. The number of rotatable bonds is 3. The summed E-state index contributed by atoms with van der Waals surface area (Å²) < 4.78 is 0. The predicted molar refractivity (Wildman–Crippen MR) is 101 cm³/mol. The molecule has 0 aliphatic heterocycles. The SMILES string of the molecule is O=C(O)c1ccccc1-c1cc2ccc3ccccc3c2cc1C(=O)O. The standard InChI is InChI=1S/C22H14O4/c23-21(24)17-8-4-3-7-16(17)19-11-14-10-9-13-5-1-2-6-15(13)18(14)12-20(19)22(25)26/h1-12H,(H,23,24)(H,25,26). The van der Waals surface area contributed by atoms with E-state index in [0.717, 1.165) is 21.5 Å². The number of fused-ring (bicyclic) bond motifs is 3. The van der Waals surface area contributed by atoms with Crippen LogP contribution in [0.3, 0.4) is 0 Å². The van der Waals surface area contributed by atoms with Gasteiger partial charge in [0.25, 0.3) is 0 Å². The van der Waals surface area contributed by atoms with E-state index in [0.29, 0.717) is 11.1 Å². The van der Waals surface area contributed by atoms with Crippen molar-refractivity contribution >= 4 is 33.5 Å². The fraction of sp³-hybridized carbons (Fsp3) is 0. The van der Waals surface area contributed by atoms with Gasteiger partial charge in [0.2, 0.25) is 0 Å². The number of hydrogen-bond donors (Lipinski definition) is 2. The van der Waals surface area contributed by atoms with Crippen molar-refractivity contribution in [2.24, 2.45) is 0 Å². The van der Waals surface area contributed by atoms with Gasteiger partial charge in [0.1, 0.15) is 0 Å². The first-order valence-electron chi connectivity index (χ1n) is 8.08. The molecule has 0 spiro atoms. The van der Waals surface area contributed by atoms with Gasteiger partial charge in [-0.15, -0.1) is 0 Å². The van der Waals surface area contributed by atoms with Crippen LogP contribution in [0.25, 0.3) is 32.7 Å². The molecule has 4 aromatic rings. The zero-order chi connectivity index (χ0) is 18.3. The van der Waals surface area contributed by atoms with E-state index < -0.39 is 11.9 Å². The third kappa shape index (κ3) is 2.48. The monoisotopic (exact) mass is 342 g/mol. The van der Waals surface area contributed by atoms with Crippen molar-refractivity contribution in [1.82, 2.24) is 0 Å². The Morgan fingerprint density at radius 3 is 2.00 bits per heavy atom. The fourth-order valence-corrected chi connectivity index (χ4v) is 3.36. The van der Waals surface area contributed by atoms with Gasteiger partial charge in [0.05, 0.1) is 11.1 Å². The lowest BCUT2D eigenvalue weighted by atomic mass is 9.91. The Hall–Kier alpha value is -3.66. The largest absolute Gasteiger partial charge is 0.478 e. The molecule has 0 radical (unpaired) electrons. The Morgan fingerprint density at radius 2 is 1.23 bits per heavy atom. The molecule has 0 atom stereocenters. The highest BCUT2D eigenvalue weighted by molar-refractivity contribution is 6.13. The number of benzene rings is 4. The van der Waals surface area contributed by atoms with Gasteiger partial charge in [-0.2, -0.15) is 0 Å². The van der Waals surface area contributed by atoms with Gasteiger partial charge in [-0.25, -0.2) is 9.59 Å². The molecule has 4 rings (SSSR count). The van der Waals surface area contributed by atoms with Gasteiger partial charge in [-0.1, -0.05) is 54.6 Å². The summed E-state index contributed by atoms with van der Waals surface area (Å²) in [5, 5.41) is 22.9. The summed E-state index contributed by atoms with van der Waals surface area (Å²) >= 11 is 0. The van der Waals surface area contributed by atoms with Crippen LogP contribution in [0, 0.1) is 0 Å². The average Bonchev–Trinajstić information content (AvgIpc) is 2.66. The van der Waals surface area contributed by atoms with E-state index in [2.05, 4.69) is 0 Å². The summed E-state index contributed by atoms with van der Waals surface area (Å²) in [6, 6.07) is 21.5. The maximum absolute atomic E-state index is 11.9. The van der Waals surface area contributed by atoms with Gasteiger partial charge in [-0.05, 0) is 50.9 Å². The second-order valence-electron chi connectivity index (χ2n) is 6.06. The van der Waals surface area contributed by atoms with E-state index in [9.17, 15) is 19.8 Å². The summed E-state index contributed by atoms with van der Waals surface area (Å²) in [6.07, 6.45) is 0. The summed E-state index contributed by atoms with van der Waals surface area (Å²) in [4.78, 5) is 23.5. The summed E-state index contributed by atoms with van der Waals surface area (Å²) in [5.41, 5.74) is 0.962. The maximum atomic E-state index is 11.9. The van der Waals surface area contributed by atoms with Crippen molar-refractivity contribution in [3.63, 3.8) is 0 Å². The molecule has 0 saturated carbocycles. The van der Waals surface area contributed by atoms with Crippen LogP contribution >= 0.6 is 0 Å². The Balaban J connectivity index is 2.11. The fourth-order valence-electron chi connectivity index (χ4n) is 3.36. The normalized spacial score (nSPS) is 10.9. The van der Waals surface area contributed by atoms with Crippen molar-refractivity contribution in [2.75, 3.05) is 0 Å². The second-order valence-corrected chi connectivity index (χ2v) is 6.06. The Kier molecular flexibility index (Phi) is 3.66. The molecule has 0 unspecified atom stereocenters. The molecule has 4 aromatic carbocycles. The van der Waals surface area contributed by atoms with Gasteiger partial charge < -0.3 is 10.2 Å². The van der Waals surface area contributed by atoms with E-state index in [1.807, 2.05) is 36.4 Å². The highest BCUT2D eigenvalue weighted by Crippen LogP contribution is 2.34. The third-order valence-electron chi connectivity index (χ3n) is 4.56. The van der Waals surface area contributed by atoms with Crippen LogP contribution in [-0.2, 0) is 0 Å². The molecule has 0 heterocycles. The van der Waals surface area contributed by atoms with Gasteiger partial charge >= 0.3 is 11.9 Å². The molecule has 4 heteroatoms. The van der Waals surface area contributed by atoms with Crippen LogP contribution < -0.4 is 0 Å². The number of carbonyl (C=O) groups is 2. The van der Waals surface area contributed by atoms with Crippen LogP contribution in [-0.4, -0.2) is 22.2 Å². The smallest absolute Gasteiger partial charge is 0.336 e. The molecular formula is C22H14O4. The molecule has 0 saturated heterocycles. The van der Waals surface area contributed by atoms with Crippen molar-refractivity contribution in [3.8, 4) is 11.1 Å². The maximum Gasteiger partial charge on any atom is 0.336 e. The van der Waals surface area contributed by atoms with Crippen LogP contribution in [0.1, 0.15) is 20.7 Å². The summed E-state index contributed by atoms with van der Waals surface area (Å²) in [7, 11) is 0. The lowest BCUT2D eigenvalue weighted by molar-refractivity contribution is 0.0684. The first kappa shape index (κ1) is 15.8. The van der Waals surface area contributed by atoms with Crippen molar-refractivity contribution in [1.29, 1.82) is 0 Å². The van der Waals surface area contributed by atoms with Crippen LogP contribution in [0.4, 0.5) is 0 Å². The topological polar surface area (TPSA) is 74.6 Å². The quantitative estimate of drug-likeness (QED) is 0.511. The van der Waals surface area contributed by atoms with E-state index in [1.165, 1.54) is 6.07 Å². The Bertz CT molecular complexity index is 1190. The van der Waals surface area contributed by atoms with Crippen molar-refractivity contribution < 1.29 is 19.8 Å². The minimum atomic E-state index is -1.09. The number of aromatic carboxylic acids is 2. The zero-order valence-electron chi connectivity index (χ0n) is 13.6. The van der Waals surface area contributed by atoms with Crippen LogP contribution in [0.5, 0.6) is 0 Å². The van der Waals surface area contributed by atoms with Crippen molar-refractivity contribution in [3.05, 3.63) is 83.9 Å².